The Morgan fingerprint density at radius 2 is 2.50 bits per heavy atom. The predicted octanol–water partition coefficient (Wildman–Crippen LogP) is 2.18. The third-order valence-corrected chi connectivity index (χ3v) is 1.20. The quantitative estimate of drug-likeness (QED) is 0.508. The highest BCUT2D eigenvalue weighted by molar-refractivity contribution is 5.18. The lowest BCUT2D eigenvalue weighted by atomic mass is 10.4. The van der Waals surface area contributed by atoms with Gasteiger partial charge in [-0.15, -0.1) is 0 Å². The van der Waals surface area contributed by atoms with Crippen molar-refractivity contribution in [2.75, 3.05) is 6.61 Å². The smallest absolute Gasteiger partial charge is 0.255 e. The minimum absolute atomic E-state index is 0.167. The summed E-state index contributed by atoms with van der Waals surface area (Å²) in [6, 6.07) is 3.15. The minimum Gasteiger partial charge on any atom is -0.484 e. The largest absolute Gasteiger partial charge is 0.484 e. The van der Waals surface area contributed by atoms with Gasteiger partial charge in [0.15, 0.2) is 5.75 Å². The van der Waals surface area contributed by atoms with Gasteiger partial charge in [0.25, 0.3) is 5.95 Å². The average molecular weight is 167 g/mol. The zero-order chi connectivity index (χ0) is 8.97. The minimum atomic E-state index is -0.584. The van der Waals surface area contributed by atoms with Crippen molar-refractivity contribution in [2.45, 2.75) is 6.92 Å². The lowest BCUT2D eigenvalue weighted by Gasteiger charge is -2.04. The van der Waals surface area contributed by atoms with Crippen LogP contribution in [0.15, 0.2) is 30.5 Å². The number of halogens is 1. The van der Waals surface area contributed by atoms with Crippen molar-refractivity contribution in [3.05, 3.63) is 36.4 Å². The van der Waals surface area contributed by atoms with E-state index in [2.05, 4.69) is 11.6 Å². The van der Waals surface area contributed by atoms with Crippen LogP contribution in [0, 0.1) is 5.95 Å². The molecule has 0 aliphatic rings. The Hall–Kier alpha value is -1.38. The number of pyridine rings is 1. The molecule has 3 heteroatoms. The molecule has 0 saturated carbocycles. The summed E-state index contributed by atoms with van der Waals surface area (Å²) < 4.78 is 17.8. The highest BCUT2D eigenvalue weighted by Crippen LogP contribution is 2.13. The van der Waals surface area contributed by atoms with E-state index in [1.165, 1.54) is 12.3 Å². The average Bonchev–Trinajstić information content (AvgIpc) is 2.03. The molecule has 0 atom stereocenters. The first-order valence-corrected chi connectivity index (χ1v) is 3.58. The second-order valence-electron chi connectivity index (χ2n) is 2.54. The van der Waals surface area contributed by atoms with Crippen LogP contribution in [0.5, 0.6) is 5.75 Å². The molecule has 1 aromatic heterocycles. The van der Waals surface area contributed by atoms with Gasteiger partial charge in [0.05, 0.1) is 0 Å². The third kappa shape index (κ3) is 2.34. The summed E-state index contributed by atoms with van der Waals surface area (Å²) in [6.45, 7) is 5.77. The zero-order valence-corrected chi connectivity index (χ0v) is 6.88. The highest BCUT2D eigenvalue weighted by Gasteiger charge is 2.01. The van der Waals surface area contributed by atoms with Crippen LogP contribution in [0.1, 0.15) is 6.92 Å². The maximum Gasteiger partial charge on any atom is 0.255 e. The number of rotatable bonds is 3. The molecule has 0 bridgehead atoms. The van der Waals surface area contributed by atoms with Gasteiger partial charge in [-0.05, 0) is 24.6 Å². The third-order valence-electron chi connectivity index (χ3n) is 1.20. The summed E-state index contributed by atoms with van der Waals surface area (Å²) in [4.78, 5) is 3.44. The molecule has 64 valence electrons. The van der Waals surface area contributed by atoms with Crippen LogP contribution in [0.2, 0.25) is 0 Å². The number of hydrogen-bond acceptors (Lipinski definition) is 2. The van der Waals surface area contributed by atoms with E-state index >= 15 is 0 Å². The Bertz CT molecular complexity index is 286. The Labute approximate surface area is 70.7 Å². The molecule has 1 heterocycles. The fraction of sp³-hybridized carbons (Fsp3) is 0.222. The first-order valence-electron chi connectivity index (χ1n) is 3.58. The van der Waals surface area contributed by atoms with Crippen molar-refractivity contribution < 1.29 is 9.13 Å². The first-order chi connectivity index (χ1) is 5.70. The van der Waals surface area contributed by atoms with Gasteiger partial charge < -0.3 is 4.74 Å². The summed E-state index contributed by atoms with van der Waals surface area (Å²) in [5.41, 5.74) is 0.846. The molecule has 1 rings (SSSR count). The van der Waals surface area contributed by atoms with Gasteiger partial charge in [-0.3, -0.25) is 0 Å². The molecule has 0 amide bonds. The zero-order valence-electron chi connectivity index (χ0n) is 6.88. The van der Waals surface area contributed by atoms with E-state index in [1.54, 1.807) is 6.07 Å². The second-order valence-corrected chi connectivity index (χ2v) is 2.54. The topological polar surface area (TPSA) is 22.1 Å². The SMILES string of the molecule is C=C(C)COc1cccnc1F. The van der Waals surface area contributed by atoms with Gasteiger partial charge in [-0.25, -0.2) is 4.98 Å². The van der Waals surface area contributed by atoms with Gasteiger partial charge in [0, 0.05) is 6.20 Å². The van der Waals surface area contributed by atoms with Gasteiger partial charge in [-0.2, -0.15) is 4.39 Å². The lowest BCUT2D eigenvalue weighted by Crippen LogP contribution is -2.00. The van der Waals surface area contributed by atoms with Crippen LogP contribution in [-0.2, 0) is 0 Å². The molecule has 0 N–H and O–H groups in total. The van der Waals surface area contributed by atoms with Gasteiger partial charge in [0.1, 0.15) is 6.61 Å². The molecule has 0 saturated heterocycles. The van der Waals surface area contributed by atoms with E-state index in [1.807, 2.05) is 6.92 Å². The van der Waals surface area contributed by atoms with Crippen LogP contribution < -0.4 is 4.74 Å². The fourth-order valence-corrected chi connectivity index (χ4v) is 0.680. The number of hydrogen-bond donors (Lipinski definition) is 0. The van der Waals surface area contributed by atoms with Gasteiger partial charge in [-0.1, -0.05) is 6.58 Å². The van der Waals surface area contributed by atoms with Crippen LogP contribution in [0.4, 0.5) is 4.39 Å². The lowest BCUT2D eigenvalue weighted by molar-refractivity contribution is 0.327. The van der Waals surface area contributed by atoms with E-state index in [0.29, 0.717) is 6.61 Å². The summed E-state index contributed by atoms with van der Waals surface area (Å²) in [5, 5.41) is 0. The number of nitrogens with zero attached hydrogens (tertiary/aromatic N) is 1. The van der Waals surface area contributed by atoms with E-state index in [-0.39, 0.29) is 5.75 Å². The number of ether oxygens (including phenoxy) is 1. The monoisotopic (exact) mass is 167 g/mol. The van der Waals surface area contributed by atoms with Crippen molar-refractivity contribution in [3.63, 3.8) is 0 Å². The normalized spacial score (nSPS) is 9.50. The van der Waals surface area contributed by atoms with E-state index in [9.17, 15) is 4.39 Å². The van der Waals surface area contributed by atoms with Crippen LogP contribution in [0.3, 0.4) is 0 Å². The van der Waals surface area contributed by atoms with E-state index < -0.39 is 5.95 Å². The molecule has 0 aliphatic carbocycles. The Morgan fingerprint density at radius 1 is 1.75 bits per heavy atom. The molecular formula is C9H10FNO. The first kappa shape index (κ1) is 8.71. The Morgan fingerprint density at radius 3 is 3.08 bits per heavy atom. The van der Waals surface area contributed by atoms with Gasteiger partial charge >= 0.3 is 0 Å². The molecule has 12 heavy (non-hydrogen) atoms. The second kappa shape index (κ2) is 3.85. The van der Waals surface area contributed by atoms with Crippen molar-refractivity contribution in [1.29, 1.82) is 0 Å². The standard InChI is InChI=1S/C9H10FNO/c1-7(2)6-12-8-4-3-5-11-9(8)10/h3-5H,1,6H2,2H3. The number of aromatic nitrogens is 1. The van der Waals surface area contributed by atoms with Crippen LogP contribution in [0.25, 0.3) is 0 Å². The molecule has 1 aromatic rings. The van der Waals surface area contributed by atoms with Crippen LogP contribution in [-0.4, -0.2) is 11.6 Å². The molecular weight excluding hydrogens is 157 g/mol. The molecule has 0 unspecified atom stereocenters. The summed E-state index contributed by atoms with van der Waals surface area (Å²) in [6.07, 6.45) is 1.38. The summed E-state index contributed by atoms with van der Waals surface area (Å²) in [7, 11) is 0. The molecule has 0 spiro atoms. The van der Waals surface area contributed by atoms with Gasteiger partial charge in [0.2, 0.25) is 0 Å². The van der Waals surface area contributed by atoms with Crippen molar-refractivity contribution in [3.8, 4) is 5.75 Å². The summed E-state index contributed by atoms with van der Waals surface area (Å²) >= 11 is 0. The van der Waals surface area contributed by atoms with Crippen LogP contribution >= 0.6 is 0 Å². The molecule has 0 aliphatic heterocycles. The fourth-order valence-electron chi connectivity index (χ4n) is 0.680. The maximum absolute atomic E-state index is 12.8. The van der Waals surface area contributed by atoms with E-state index in [0.717, 1.165) is 5.57 Å². The van der Waals surface area contributed by atoms with E-state index in [4.69, 9.17) is 4.74 Å². The Balaban J connectivity index is 2.63. The maximum atomic E-state index is 12.8. The molecule has 2 nitrogen and oxygen atoms in total. The van der Waals surface area contributed by atoms with Crippen molar-refractivity contribution in [1.82, 2.24) is 4.98 Å². The molecule has 0 aromatic carbocycles. The Kier molecular flexibility index (Phi) is 2.80. The summed E-state index contributed by atoms with van der Waals surface area (Å²) in [5.74, 6) is -0.417. The highest BCUT2D eigenvalue weighted by atomic mass is 19.1. The van der Waals surface area contributed by atoms with Crippen molar-refractivity contribution >= 4 is 0 Å². The molecule has 0 fully saturated rings. The molecule has 0 radical (unpaired) electrons. The predicted molar refractivity (Wildman–Crippen MR) is 44.5 cm³/mol. The van der Waals surface area contributed by atoms with Crippen molar-refractivity contribution in [2.24, 2.45) is 0 Å².